The first kappa shape index (κ1) is 20.3. The quantitative estimate of drug-likeness (QED) is 0.801. The Labute approximate surface area is 144 Å². The molecule has 0 atom stereocenters. The number of rotatable bonds is 4. The largest absolute Gasteiger partial charge is 0.473 e. The third-order valence-electron chi connectivity index (χ3n) is 3.74. The van der Waals surface area contributed by atoms with E-state index in [4.69, 9.17) is 36.1 Å². The minimum atomic E-state index is -1.82. The van der Waals surface area contributed by atoms with Crippen LogP contribution in [0.1, 0.15) is 18.4 Å². The molecule has 2 N–H and O–H groups in total. The number of ether oxygens (including phenoxy) is 1. The van der Waals surface area contributed by atoms with Gasteiger partial charge in [0.2, 0.25) is 0 Å². The fourth-order valence-electron chi connectivity index (χ4n) is 2.45. The van der Waals surface area contributed by atoms with Gasteiger partial charge in [0.25, 0.3) is 0 Å². The minimum Gasteiger partial charge on any atom is -0.473 e. The highest BCUT2D eigenvalue weighted by molar-refractivity contribution is 6.31. The van der Waals surface area contributed by atoms with E-state index in [0.29, 0.717) is 23.0 Å². The highest BCUT2D eigenvalue weighted by atomic mass is 35.5. The molecule has 1 aromatic carbocycles. The first-order valence-electron chi connectivity index (χ1n) is 7.45. The van der Waals surface area contributed by atoms with Crippen molar-refractivity contribution in [2.75, 3.05) is 26.8 Å². The monoisotopic (exact) mass is 361 g/mol. The van der Waals surface area contributed by atoms with Crippen LogP contribution >= 0.6 is 11.6 Å². The number of hydrogen-bond donors (Lipinski definition) is 2. The molecular weight excluding hydrogens is 341 g/mol. The van der Waals surface area contributed by atoms with Crippen molar-refractivity contribution in [3.8, 4) is 0 Å². The summed E-state index contributed by atoms with van der Waals surface area (Å²) in [6, 6.07) is 4.86. The highest BCUT2D eigenvalue weighted by Crippen LogP contribution is 2.24. The number of benzene rings is 1. The van der Waals surface area contributed by atoms with Crippen molar-refractivity contribution in [3.63, 3.8) is 0 Å². The zero-order valence-corrected chi connectivity index (χ0v) is 14.1. The van der Waals surface area contributed by atoms with Gasteiger partial charge in [0, 0.05) is 30.8 Å². The summed E-state index contributed by atoms with van der Waals surface area (Å²) in [5.41, 5.74) is 0.615. The molecule has 0 bridgehead atoms. The molecule has 1 saturated heterocycles. The summed E-state index contributed by atoms with van der Waals surface area (Å²) in [4.78, 5) is 20.5. The molecule has 1 aliphatic heterocycles. The van der Waals surface area contributed by atoms with E-state index < -0.39 is 11.9 Å². The number of likely N-dealkylation sites (tertiary alicyclic amines) is 1. The fraction of sp³-hybridized carbons (Fsp3) is 0.500. The van der Waals surface area contributed by atoms with Crippen molar-refractivity contribution >= 4 is 23.5 Å². The predicted molar refractivity (Wildman–Crippen MR) is 86.6 cm³/mol. The molecule has 1 fully saturated rings. The molecule has 0 amide bonds. The van der Waals surface area contributed by atoms with Crippen molar-refractivity contribution < 1.29 is 28.9 Å². The standard InChI is InChI=1S/C14H19ClFNO.C2H2O4/c1-18-10-11-5-7-17(8-6-11)9-12-13(15)3-2-4-14(12)16;3-1(4)2(5)6/h2-4,11H,5-10H2,1H3;(H,3,4)(H,5,6). The van der Waals surface area contributed by atoms with Gasteiger partial charge in [0.1, 0.15) is 5.82 Å². The number of piperidine rings is 1. The Hall–Kier alpha value is -1.70. The molecule has 0 aliphatic carbocycles. The van der Waals surface area contributed by atoms with E-state index in [-0.39, 0.29) is 5.82 Å². The second-order valence-corrected chi connectivity index (χ2v) is 5.89. The van der Waals surface area contributed by atoms with Crippen LogP contribution in [0.2, 0.25) is 5.02 Å². The molecule has 134 valence electrons. The van der Waals surface area contributed by atoms with Crippen molar-refractivity contribution in [2.24, 2.45) is 5.92 Å². The van der Waals surface area contributed by atoms with Gasteiger partial charge in [-0.05, 0) is 44.0 Å². The Morgan fingerprint density at radius 2 is 1.88 bits per heavy atom. The lowest BCUT2D eigenvalue weighted by atomic mass is 9.97. The van der Waals surface area contributed by atoms with E-state index in [1.54, 1.807) is 19.2 Å². The number of methoxy groups -OCH3 is 1. The molecule has 2 rings (SSSR count). The van der Waals surface area contributed by atoms with Crippen LogP contribution in [0.25, 0.3) is 0 Å². The summed E-state index contributed by atoms with van der Waals surface area (Å²) < 4.78 is 18.8. The molecule has 0 aromatic heterocycles. The molecule has 0 unspecified atom stereocenters. The predicted octanol–water partition coefficient (Wildman–Crippen LogP) is 2.49. The van der Waals surface area contributed by atoms with Gasteiger partial charge < -0.3 is 14.9 Å². The van der Waals surface area contributed by atoms with Crippen LogP contribution in [-0.2, 0) is 20.9 Å². The first-order valence-corrected chi connectivity index (χ1v) is 7.83. The van der Waals surface area contributed by atoms with Crippen molar-refractivity contribution in [1.82, 2.24) is 4.90 Å². The van der Waals surface area contributed by atoms with Gasteiger partial charge in [-0.3, -0.25) is 4.90 Å². The lowest BCUT2D eigenvalue weighted by Crippen LogP contribution is -2.34. The number of carbonyl (C=O) groups is 2. The molecule has 1 aliphatic rings. The number of carboxylic acid groups (broad SMARTS) is 2. The second-order valence-electron chi connectivity index (χ2n) is 5.49. The van der Waals surface area contributed by atoms with Gasteiger partial charge in [-0.1, -0.05) is 17.7 Å². The fourth-order valence-corrected chi connectivity index (χ4v) is 2.68. The first-order chi connectivity index (χ1) is 11.3. The molecule has 0 radical (unpaired) electrons. The van der Waals surface area contributed by atoms with Gasteiger partial charge in [0.05, 0.1) is 0 Å². The molecule has 8 heteroatoms. The highest BCUT2D eigenvalue weighted by Gasteiger charge is 2.20. The van der Waals surface area contributed by atoms with Crippen LogP contribution < -0.4 is 0 Å². The maximum Gasteiger partial charge on any atom is 0.414 e. The maximum atomic E-state index is 13.7. The molecule has 0 saturated carbocycles. The average Bonchev–Trinajstić information content (AvgIpc) is 2.53. The smallest absolute Gasteiger partial charge is 0.414 e. The number of halogens is 2. The molecule has 6 nitrogen and oxygen atoms in total. The third-order valence-corrected chi connectivity index (χ3v) is 4.09. The lowest BCUT2D eigenvalue weighted by molar-refractivity contribution is -0.159. The van der Waals surface area contributed by atoms with Crippen molar-refractivity contribution in [3.05, 3.63) is 34.6 Å². The van der Waals surface area contributed by atoms with Crippen LogP contribution in [-0.4, -0.2) is 53.9 Å². The molecule has 1 aromatic rings. The van der Waals surface area contributed by atoms with Gasteiger partial charge >= 0.3 is 11.9 Å². The molecule has 0 spiro atoms. The Morgan fingerprint density at radius 1 is 1.29 bits per heavy atom. The second kappa shape index (κ2) is 10.2. The average molecular weight is 362 g/mol. The van der Waals surface area contributed by atoms with Crippen LogP contribution in [0.5, 0.6) is 0 Å². The molecule has 24 heavy (non-hydrogen) atoms. The van der Waals surface area contributed by atoms with Gasteiger partial charge in [-0.25, -0.2) is 14.0 Å². The van der Waals surface area contributed by atoms with E-state index in [1.807, 2.05) is 0 Å². The summed E-state index contributed by atoms with van der Waals surface area (Å²) in [7, 11) is 1.74. The van der Waals surface area contributed by atoms with Gasteiger partial charge in [-0.2, -0.15) is 0 Å². The lowest BCUT2D eigenvalue weighted by Gasteiger charge is -2.31. The summed E-state index contributed by atoms with van der Waals surface area (Å²) >= 11 is 6.04. The zero-order valence-electron chi connectivity index (χ0n) is 13.4. The number of carboxylic acids is 2. The van der Waals surface area contributed by atoms with E-state index >= 15 is 0 Å². The van der Waals surface area contributed by atoms with Crippen molar-refractivity contribution in [2.45, 2.75) is 19.4 Å². The summed E-state index contributed by atoms with van der Waals surface area (Å²) in [6.07, 6.45) is 2.22. The topological polar surface area (TPSA) is 87.1 Å². The maximum absolute atomic E-state index is 13.7. The minimum absolute atomic E-state index is 0.207. The summed E-state index contributed by atoms with van der Waals surface area (Å²) in [6.45, 7) is 3.40. The van der Waals surface area contributed by atoms with Crippen LogP contribution in [0, 0.1) is 11.7 Å². The normalized spacial score (nSPS) is 15.5. The van der Waals surface area contributed by atoms with E-state index in [0.717, 1.165) is 32.5 Å². The molecule has 1 heterocycles. The van der Waals surface area contributed by atoms with E-state index in [9.17, 15) is 4.39 Å². The van der Waals surface area contributed by atoms with E-state index in [1.165, 1.54) is 6.07 Å². The Morgan fingerprint density at radius 3 is 2.33 bits per heavy atom. The zero-order chi connectivity index (χ0) is 18.1. The Bertz CT molecular complexity index is 529. The van der Waals surface area contributed by atoms with E-state index in [2.05, 4.69) is 4.90 Å². The van der Waals surface area contributed by atoms with Gasteiger partial charge in [0.15, 0.2) is 0 Å². The Kier molecular flexibility index (Phi) is 8.67. The third kappa shape index (κ3) is 6.82. The number of hydrogen-bond acceptors (Lipinski definition) is 4. The van der Waals surface area contributed by atoms with Crippen LogP contribution in [0.3, 0.4) is 0 Å². The Balaban J connectivity index is 0.000000413. The van der Waals surface area contributed by atoms with Crippen LogP contribution in [0.4, 0.5) is 4.39 Å². The van der Waals surface area contributed by atoms with Crippen molar-refractivity contribution in [1.29, 1.82) is 0 Å². The summed E-state index contributed by atoms with van der Waals surface area (Å²) in [5, 5.41) is 15.3. The number of aliphatic carboxylic acids is 2. The SMILES string of the molecule is COCC1CCN(Cc2c(F)cccc2Cl)CC1.O=C(O)C(=O)O. The van der Waals surface area contributed by atoms with Crippen LogP contribution in [0.15, 0.2) is 18.2 Å². The number of nitrogens with zero attached hydrogens (tertiary/aromatic N) is 1. The summed E-state index contributed by atoms with van der Waals surface area (Å²) in [5.74, 6) is -3.21. The van der Waals surface area contributed by atoms with Gasteiger partial charge in [-0.15, -0.1) is 0 Å². The molecular formula is C16H21ClFNO5.